The fourth-order valence-electron chi connectivity index (χ4n) is 2.37. The van der Waals surface area contributed by atoms with E-state index in [0.717, 1.165) is 11.1 Å². The van der Waals surface area contributed by atoms with E-state index in [-0.39, 0.29) is 36.7 Å². The quantitative estimate of drug-likeness (QED) is 0.699. The Bertz CT molecular complexity index is 804. The fraction of sp³-hybridized carbons (Fsp3) is 0.125. The Kier molecular flexibility index (Phi) is 5.24. The van der Waals surface area contributed by atoms with Crippen molar-refractivity contribution in [3.63, 3.8) is 0 Å². The van der Waals surface area contributed by atoms with Gasteiger partial charge in [-0.3, -0.25) is 4.98 Å². The van der Waals surface area contributed by atoms with Crippen molar-refractivity contribution >= 4 is 16.7 Å². The monoisotopic (exact) mass is 307 g/mol. The number of furan rings is 1. The molecule has 22 heavy (non-hydrogen) atoms. The summed E-state index contributed by atoms with van der Waals surface area (Å²) in [6.45, 7) is 0. The molecule has 2 aromatic heterocycles. The number of pyridine rings is 1. The van der Waals surface area contributed by atoms with Crippen molar-refractivity contribution in [3.05, 3.63) is 59.8 Å². The number of hydrogen-bond acceptors (Lipinski definition) is 4. The molecule has 0 aliphatic carbocycles. The van der Waals surface area contributed by atoms with Gasteiger partial charge < -0.3 is 15.7 Å². The summed E-state index contributed by atoms with van der Waals surface area (Å²) in [7, 11) is 1.52. The first-order chi connectivity index (χ1) is 10.2. The van der Waals surface area contributed by atoms with Gasteiger partial charge in [0.2, 0.25) is 5.76 Å². The normalized spacial score (nSPS) is 10.2. The van der Waals surface area contributed by atoms with Gasteiger partial charge in [-0.05, 0) is 35.7 Å². The third-order valence-electron chi connectivity index (χ3n) is 3.27. The topological polar surface area (TPSA) is 72.6 Å². The van der Waals surface area contributed by atoms with Gasteiger partial charge in [-0.1, -0.05) is 6.07 Å². The van der Waals surface area contributed by atoms with Crippen molar-refractivity contribution in [1.29, 1.82) is 0 Å². The van der Waals surface area contributed by atoms with Crippen molar-refractivity contribution in [2.75, 3.05) is 7.11 Å². The number of carbonyl (C=O) groups is 1. The Balaban J connectivity index is 0.00000132. The number of aromatic nitrogens is 1. The Labute approximate surface area is 150 Å². The van der Waals surface area contributed by atoms with Crippen molar-refractivity contribution in [3.8, 4) is 5.75 Å². The van der Waals surface area contributed by atoms with Crippen LogP contribution >= 0.6 is 0 Å². The molecular formula is C16H14NNaO4. The summed E-state index contributed by atoms with van der Waals surface area (Å²) in [4.78, 5) is 15.2. The summed E-state index contributed by atoms with van der Waals surface area (Å²) < 4.78 is 10.4. The maximum absolute atomic E-state index is 11.2. The van der Waals surface area contributed by atoms with E-state index in [1.54, 1.807) is 12.4 Å². The molecule has 6 heteroatoms. The Hall–Kier alpha value is -1.82. The Morgan fingerprint density at radius 2 is 2.23 bits per heavy atom. The van der Waals surface area contributed by atoms with Crippen LogP contribution in [0.1, 0.15) is 23.1 Å². The van der Waals surface area contributed by atoms with Gasteiger partial charge in [-0.2, -0.15) is 0 Å². The largest absolute Gasteiger partial charge is 1.00 e. The van der Waals surface area contributed by atoms with E-state index in [9.17, 15) is 4.79 Å². The number of aromatic carboxylic acids is 1. The van der Waals surface area contributed by atoms with Gasteiger partial charge in [0, 0.05) is 17.8 Å². The molecule has 0 aliphatic rings. The third-order valence-corrected chi connectivity index (χ3v) is 3.27. The average Bonchev–Trinajstić information content (AvgIpc) is 2.91. The second kappa shape index (κ2) is 6.96. The Morgan fingerprint density at radius 3 is 2.86 bits per heavy atom. The predicted octanol–water partition coefficient (Wildman–Crippen LogP) is 0.242. The number of carboxylic acids is 1. The third kappa shape index (κ3) is 3.16. The predicted molar refractivity (Wildman–Crippen MR) is 77.9 cm³/mol. The molecule has 2 heterocycles. The number of benzene rings is 1. The van der Waals surface area contributed by atoms with Crippen LogP contribution in [0.2, 0.25) is 0 Å². The molecule has 0 saturated heterocycles. The van der Waals surface area contributed by atoms with Gasteiger partial charge in [0.25, 0.3) is 0 Å². The van der Waals surface area contributed by atoms with Crippen LogP contribution < -0.4 is 34.3 Å². The summed E-state index contributed by atoms with van der Waals surface area (Å²) in [5.41, 5.74) is 2.07. The van der Waals surface area contributed by atoms with Gasteiger partial charge >= 0.3 is 35.5 Å². The van der Waals surface area contributed by atoms with E-state index >= 15 is 0 Å². The van der Waals surface area contributed by atoms with Crippen LogP contribution in [-0.4, -0.2) is 23.2 Å². The first-order valence-electron chi connectivity index (χ1n) is 6.39. The van der Waals surface area contributed by atoms with Crippen LogP contribution in [0.3, 0.4) is 0 Å². The molecule has 0 amide bonds. The van der Waals surface area contributed by atoms with E-state index in [1.807, 2.05) is 24.3 Å². The number of hydrogen-bond donors (Lipinski definition) is 1. The van der Waals surface area contributed by atoms with Crippen molar-refractivity contribution in [2.45, 2.75) is 6.42 Å². The van der Waals surface area contributed by atoms with Crippen LogP contribution in [0.4, 0.5) is 0 Å². The molecule has 1 N–H and O–H groups in total. The van der Waals surface area contributed by atoms with Gasteiger partial charge in [0.15, 0.2) is 0 Å². The summed E-state index contributed by atoms with van der Waals surface area (Å²) in [6, 6.07) is 7.60. The van der Waals surface area contributed by atoms with Crippen molar-refractivity contribution < 1.29 is 50.0 Å². The Morgan fingerprint density at radius 1 is 1.41 bits per heavy atom. The number of carboxylic acid groups (broad SMARTS) is 1. The standard InChI is InChI=1S/C16H13NO4.Na.H/c1-20-13-7-11(5-10-3-2-4-17-8-10)6-12-9-21-15(14(12)13)16(18)19;;/h2-4,6-9H,5H2,1H3,(H,18,19);;/q;+1;-1. The number of fused-ring (bicyclic) bond motifs is 1. The molecule has 3 aromatic rings. The molecule has 3 rings (SSSR count). The van der Waals surface area contributed by atoms with Crippen molar-refractivity contribution in [1.82, 2.24) is 4.98 Å². The molecule has 0 atom stereocenters. The van der Waals surface area contributed by atoms with Crippen LogP contribution in [0, 0.1) is 0 Å². The number of methoxy groups -OCH3 is 1. The maximum Gasteiger partial charge on any atom is 1.00 e. The molecule has 0 unspecified atom stereocenters. The zero-order valence-corrected chi connectivity index (χ0v) is 14.4. The van der Waals surface area contributed by atoms with Gasteiger partial charge in [-0.15, -0.1) is 0 Å². The molecule has 1 aromatic carbocycles. The summed E-state index contributed by atoms with van der Waals surface area (Å²) in [6.07, 6.45) is 5.65. The fourth-order valence-corrected chi connectivity index (χ4v) is 2.37. The van der Waals surface area contributed by atoms with Crippen LogP contribution in [0.15, 0.2) is 47.3 Å². The summed E-state index contributed by atoms with van der Waals surface area (Å²) in [5.74, 6) is -0.712. The number of rotatable bonds is 4. The minimum absolute atomic E-state index is 0. The summed E-state index contributed by atoms with van der Waals surface area (Å²) in [5, 5.41) is 10.3. The van der Waals surface area contributed by atoms with E-state index in [1.165, 1.54) is 13.4 Å². The smallest absolute Gasteiger partial charge is 1.00 e. The SMILES string of the molecule is COc1cc(Cc2cccnc2)cc2coc(C(=O)O)c12.[H-].[Na+]. The van der Waals surface area contributed by atoms with E-state index in [2.05, 4.69) is 4.98 Å². The number of ether oxygens (including phenoxy) is 1. The van der Waals surface area contributed by atoms with Gasteiger partial charge in [-0.25, -0.2) is 4.79 Å². The first-order valence-corrected chi connectivity index (χ1v) is 6.39. The molecule has 0 aliphatic heterocycles. The van der Waals surface area contributed by atoms with Crippen molar-refractivity contribution in [2.24, 2.45) is 0 Å². The number of nitrogens with zero attached hydrogens (tertiary/aromatic N) is 1. The zero-order valence-electron chi connectivity index (χ0n) is 13.4. The second-order valence-electron chi connectivity index (χ2n) is 4.67. The minimum Gasteiger partial charge on any atom is -1.00 e. The van der Waals surface area contributed by atoms with Crippen LogP contribution in [-0.2, 0) is 6.42 Å². The average molecular weight is 307 g/mol. The zero-order chi connectivity index (χ0) is 14.8. The van der Waals surface area contributed by atoms with E-state index < -0.39 is 5.97 Å². The first kappa shape index (κ1) is 16.5. The van der Waals surface area contributed by atoms with E-state index in [4.69, 9.17) is 14.3 Å². The molecule has 0 saturated carbocycles. The molecule has 0 bridgehead atoms. The molecular weight excluding hydrogens is 293 g/mol. The van der Waals surface area contributed by atoms with Crippen LogP contribution in [0.5, 0.6) is 5.75 Å². The molecule has 108 valence electrons. The molecule has 0 radical (unpaired) electrons. The second-order valence-corrected chi connectivity index (χ2v) is 4.67. The summed E-state index contributed by atoms with van der Waals surface area (Å²) >= 11 is 0. The maximum atomic E-state index is 11.2. The van der Waals surface area contributed by atoms with Crippen LogP contribution in [0.25, 0.3) is 10.8 Å². The van der Waals surface area contributed by atoms with Gasteiger partial charge in [0.1, 0.15) is 5.75 Å². The molecule has 5 nitrogen and oxygen atoms in total. The molecule has 0 fully saturated rings. The minimum atomic E-state index is -1.11. The van der Waals surface area contributed by atoms with E-state index in [0.29, 0.717) is 22.9 Å². The molecule has 0 spiro atoms. The van der Waals surface area contributed by atoms with Gasteiger partial charge in [0.05, 0.1) is 18.8 Å².